The molecule has 2 N–H and O–H groups in total. The molecule has 0 saturated carbocycles. The Kier molecular flexibility index (Phi) is 4.03. The molecule has 1 aromatic carbocycles. The van der Waals surface area contributed by atoms with E-state index in [4.69, 9.17) is 0 Å². The zero-order valence-corrected chi connectivity index (χ0v) is 9.80. The lowest BCUT2D eigenvalue weighted by Gasteiger charge is -2.17. The molecule has 0 aliphatic rings. The average molecular weight is 247 g/mol. The Morgan fingerprint density at radius 3 is 2.41 bits per heavy atom. The molecule has 5 heteroatoms. The van der Waals surface area contributed by atoms with Crippen molar-refractivity contribution in [3.05, 3.63) is 29.8 Å². The zero-order valence-electron chi connectivity index (χ0n) is 9.80. The standard InChI is InChI=1S/C12H16F3NO/c1-11(2,17)6-7-16-10-5-3-4-9(8-10)12(13,14)15/h3-5,8,16-17H,6-7H2,1-2H3. The molecule has 0 radical (unpaired) electrons. The summed E-state index contributed by atoms with van der Waals surface area (Å²) in [5.41, 5.74) is -1.09. The quantitative estimate of drug-likeness (QED) is 0.855. The fourth-order valence-corrected chi connectivity index (χ4v) is 1.32. The van der Waals surface area contributed by atoms with E-state index in [-0.39, 0.29) is 0 Å². The van der Waals surface area contributed by atoms with Crippen LogP contribution in [0.25, 0.3) is 0 Å². The van der Waals surface area contributed by atoms with E-state index in [1.165, 1.54) is 6.07 Å². The fourth-order valence-electron chi connectivity index (χ4n) is 1.32. The number of anilines is 1. The van der Waals surface area contributed by atoms with Crippen LogP contribution < -0.4 is 5.32 Å². The molecule has 0 heterocycles. The van der Waals surface area contributed by atoms with Gasteiger partial charge in [0, 0.05) is 12.2 Å². The Balaban J connectivity index is 2.61. The van der Waals surface area contributed by atoms with E-state index in [1.54, 1.807) is 19.9 Å². The van der Waals surface area contributed by atoms with Crippen molar-refractivity contribution in [3.8, 4) is 0 Å². The molecule has 0 unspecified atom stereocenters. The predicted molar refractivity (Wildman–Crippen MR) is 60.8 cm³/mol. The molecule has 0 spiro atoms. The lowest BCUT2D eigenvalue weighted by atomic mass is 10.1. The van der Waals surface area contributed by atoms with Gasteiger partial charge in [0.1, 0.15) is 0 Å². The van der Waals surface area contributed by atoms with Crippen LogP contribution in [0.1, 0.15) is 25.8 Å². The summed E-state index contributed by atoms with van der Waals surface area (Å²) in [4.78, 5) is 0. The van der Waals surface area contributed by atoms with Gasteiger partial charge in [0.15, 0.2) is 0 Å². The van der Waals surface area contributed by atoms with Crippen molar-refractivity contribution in [2.24, 2.45) is 0 Å². The molecule has 0 aromatic heterocycles. The Morgan fingerprint density at radius 2 is 1.88 bits per heavy atom. The number of hydrogen-bond donors (Lipinski definition) is 2. The monoisotopic (exact) mass is 247 g/mol. The van der Waals surface area contributed by atoms with Crippen molar-refractivity contribution in [3.63, 3.8) is 0 Å². The summed E-state index contributed by atoms with van der Waals surface area (Å²) in [7, 11) is 0. The summed E-state index contributed by atoms with van der Waals surface area (Å²) >= 11 is 0. The summed E-state index contributed by atoms with van der Waals surface area (Å²) < 4.78 is 37.2. The van der Waals surface area contributed by atoms with Crippen LogP contribution in [0.4, 0.5) is 18.9 Å². The maximum atomic E-state index is 12.4. The third-order valence-corrected chi connectivity index (χ3v) is 2.26. The molecule has 0 bridgehead atoms. The van der Waals surface area contributed by atoms with Crippen LogP contribution in [0, 0.1) is 0 Å². The van der Waals surface area contributed by atoms with E-state index in [0.717, 1.165) is 12.1 Å². The van der Waals surface area contributed by atoms with Crippen LogP contribution in [0.15, 0.2) is 24.3 Å². The number of halogens is 3. The highest BCUT2D eigenvalue weighted by atomic mass is 19.4. The summed E-state index contributed by atoms with van der Waals surface area (Å²) in [6.07, 6.45) is -3.86. The van der Waals surface area contributed by atoms with E-state index < -0.39 is 17.3 Å². The molecule has 0 aliphatic carbocycles. The van der Waals surface area contributed by atoms with Crippen LogP contribution >= 0.6 is 0 Å². The SMILES string of the molecule is CC(C)(O)CCNc1cccc(C(F)(F)F)c1. The highest BCUT2D eigenvalue weighted by Crippen LogP contribution is 2.30. The molecule has 0 fully saturated rings. The Morgan fingerprint density at radius 1 is 1.24 bits per heavy atom. The number of alkyl halides is 3. The summed E-state index contributed by atoms with van der Waals surface area (Å²) in [5.74, 6) is 0. The molecule has 0 atom stereocenters. The molecule has 0 saturated heterocycles. The van der Waals surface area contributed by atoms with Gasteiger partial charge in [-0.25, -0.2) is 0 Å². The number of nitrogens with one attached hydrogen (secondary N) is 1. The topological polar surface area (TPSA) is 32.3 Å². The van der Waals surface area contributed by atoms with Gasteiger partial charge in [-0.1, -0.05) is 6.07 Å². The minimum absolute atomic E-state index is 0.407. The highest BCUT2D eigenvalue weighted by Gasteiger charge is 2.30. The predicted octanol–water partition coefficient (Wildman–Crippen LogP) is 3.28. The summed E-state index contributed by atoms with van der Waals surface area (Å²) in [5, 5.41) is 12.3. The van der Waals surface area contributed by atoms with Crippen LogP contribution in [-0.2, 0) is 6.18 Å². The molecular formula is C12H16F3NO. The van der Waals surface area contributed by atoms with E-state index >= 15 is 0 Å². The van der Waals surface area contributed by atoms with Crippen molar-refractivity contribution in [1.82, 2.24) is 0 Å². The van der Waals surface area contributed by atoms with Gasteiger partial charge in [-0.2, -0.15) is 13.2 Å². The first-order chi connectivity index (χ1) is 7.68. The lowest BCUT2D eigenvalue weighted by molar-refractivity contribution is -0.137. The number of rotatable bonds is 4. The first kappa shape index (κ1) is 13.8. The number of aliphatic hydroxyl groups is 1. The largest absolute Gasteiger partial charge is 0.416 e. The van der Waals surface area contributed by atoms with Gasteiger partial charge in [-0.15, -0.1) is 0 Å². The molecule has 0 amide bonds. The average Bonchev–Trinajstić information content (AvgIpc) is 2.15. The van der Waals surface area contributed by atoms with Gasteiger partial charge in [-0.3, -0.25) is 0 Å². The van der Waals surface area contributed by atoms with Crippen molar-refractivity contribution < 1.29 is 18.3 Å². The molecule has 96 valence electrons. The van der Waals surface area contributed by atoms with Crippen molar-refractivity contribution in [2.75, 3.05) is 11.9 Å². The maximum Gasteiger partial charge on any atom is 0.416 e. The van der Waals surface area contributed by atoms with Crippen molar-refractivity contribution in [1.29, 1.82) is 0 Å². The number of hydrogen-bond acceptors (Lipinski definition) is 2. The van der Waals surface area contributed by atoms with Gasteiger partial charge >= 0.3 is 6.18 Å². The number of benzene rings is 1. The second-order valence-electron chi connectivity index (χ2n) is 4.57. The normalized spacial score (nSPS) is 12.6. The van der Waals surface area contributed by atoms with E-state index in [0.29, 0.717) is 18.7 Å². The molecule has 17 heavy (non-hydrogen) atoms. The molecule has 2 nitrogen and oxygen atoms in total. The summed E-state index contributed by atoms with van der Waals surface area (Å²) in [6.45, 7) is 3.73. The van der Waals surface area contributed by atoms with E-state index in [2.05, 4.69) is 5.32 Å². The van der Waals surface area contributed by atoms with Gasteiger partial charge in [-0.05, 0) is 38.5 Å². The molecule has 0 aliphatic heterocycles. The van der Waals surface area contributed by atoms with Gasteiger partial charge in [0.25, 0.3) is 0 Å². The van der Waals surface area contributed by atoms with E-state index in [1.807, 2.05) is 0 Å². The second kappa shape index (κ2) is 4.96. The maximum absolute atomic E-state index is 12.4. The minimum Gasteiger partial charge on any atom is -0.390 e. The van der Waals surface area contributed by atoms with Crippen molar-refractivity contribution >= 4 is 5.69 Å². The highest BCUT2D eigenvalue weighted by molar-refractivity contribution is 5.46. The Hall–Kier alpha value is -1.23. The second-order valence-corrected chi connectivity index (χ2v) is 4.57. The minimum atomic E-state index is -4.33. The van der Waals surface area contributed by atoms with Gasteiger partial charge in [0.05, 0.1) is 11.2 Å². The van der Waals surface area contributed by atoms with Crippen LogP contribution in [0.2, 0.25) is 0 Å². The first-order valence-corrected chi connectivity index (χ1v) is 5.32. The fraction of sp³-hybridized carbons (Fsp3) is 0.500. The molecule has 1 aromatic rings. The summed E-state index contributed by atoms with van der Waals surface area (Å²) in [6, 6.07) is 5.01. The van der Waals surface area contributed by atoms with Crippen LogP contribution in [0.3, 0.4) is 0 Å². The molecule has 1 rings (SSSR count). The lowest BCUT2D eigenvalue weighted by Crippen LogP contribution is -2.22. The first-order valence-electron chi connectivity index (χ1n) is 5.32. The van der Waals surface area contributed by atoms with Gasteiger partial charge in [0.2, 0.25) is 0 Å². The third-order valence-electron chi connectivity index (χ3n) is 2.26. The Bertz CT molecular complexity index is 369. The Labute approximate surface area is 98.5 Å². The van der Waals surface area contributed by atoms with Crippen LogP contribution in [0.5, 0.6) is 0 Å². The smallest absolute Gasteiger partial charge is 0.390 e. The van der Waals surface area contributed by atoms with E-state index in [9.17, 15) is 18.3 Å². The third kappa shape index (κ3) is 5.08. The molecular weight excluding hydrogens is 231 g/mol. The van der Waals surface area contributed by atoms with Gasteiger partial charge < -0.3 is 10.4 Å². The van der Waals surface area contributed by atoms with Crippen molar-refractivity contribution in [2.45, 2.75) is 32.0 Å². The zero-order chi connectivity index (χ0) is 13.1. The van der Waals surface area contributed by atoms with Crippen LogP contribution in [-0.4, -0.2) is 17.3 Å².